The molecule has 1 amide bonds. The Morgan fingerprint density at radius 2 is 1.96 bits per heavy atom. The molecular weight excluding hydrogens is 318 g/mol. The molecule has 0 bridgehead atoms. The average Bonchev–Trinajstić information content (AvgIpc) is 3.02. The molecule has 0 unspecified atom stereocenters. The Labute approximate surface area is 139 Å². The molecule has 0 saturated heterocycles. The van der Waals surface area contributed by atoms with Crippen molar-refractivity contribution in [1.82, 2.24) is 15.1 Å². The van der Waals surface area contributed by atoms with Crippen molar-refractivity contribution in [2.75, 3.05) is 0 Å². The summed E-state index contributed by atoms with van der Waals surface area (Å²) >= 11 is 5.84. The second-order valence-corrected chi connectivity index (χ2v) is 5.73. The molecule has 7 heteroatoms. The first-order valence-corrected chi connectivity index (χ1v) is 7.65. The number of carbonyl (C=O) groups is 2. The molecule has 2 N–H and O–H groups in total. The number of carboxylic acid groups (broad SMARTS) is 1. The fourth-order valence-corrected chi connectivity index (χ4v) is 2.21. The maximum Gasteiger partial charge on any atom is 0.326 e. The third-order valence-electron chi connectivity index (χ3n) is 3.68. The largest absolute Gasteiger partial charge is 0.480 e. The van der Waals surface area contributed by atoms with Crippen LogP contribution in [0, 0.1) is 5.92 Å². The summed E-state index contributed by atoms with van der Waals surface area (Å²) in [5.41, 5.74) is 0.916. The van der Waals surface area contributed by atoms with Crippen molar-refractivity contribution in [3.63, 3.8) is 0 Å². The standard InChI is InChI=1S/C16H18ClN3O3/c1-3-10(2)14(16(22)23)18-15(21)13-8-9-20(19-13)12-6-4-11(17)5-7-12/h4-10,14H,3H2,1-2H3,(H,18,21)(H,22,23)/t10-,14-/m0/s1. The molecule has 0 radical (unpaired) electrons. The van der Waals surface area contributed by atoms with Gasteiger partial charge in [0.25, 0.3) is 5.91 Å². The van der Waals surface area contributed by atoms with E-state index in [-0.39, 0.29) is 11.6 Å². The van der Waals surface area contributed by atoms with E-state index in [4.69, 9.17) is 11.6 Å². The van der Waals surface area contributed by atoms with Gasteiger partial charge in [0.15, 0.2) is 5.69 Å². The van der Waals surface area contributed by atoms with Gasteiger partial charge in [0.05, 0.1) is 5.69 Å². The molecule has 2 rings (SSSR count). The highest BCUT2D eigenvalue weighted by Crippen LogP contribution is 2.14. The first kappa shape index (κ1) is 17.0. The molecule has 0 saturated carbocycles. The molecule has 6 nitrogen and oxygen atoms in total. The summed E-state index contributed by atoms with van der Waals surface area (Å²) < 4.78 is 1.53. The number of benzene rings is 1. The van der Waals surface area contributed by atoms with Gasteiger partial charge in [-0.05, 0) is 36.2 Å². The monoisotopic (exact) mass is 335 g/mol. The molecular formula is C16H18ClN3O3. The van der Waals surface area contributed by atoms with Crippen LogP contribution in [0.25, 0.3) is 5.69 Å². The first-order chi connectivity index (χ1) is 10.9. The number of carbonyl (C=O) groups excluding carboxylic acids is 1. The van der Waals surface area contributed by atoms with Crippen LogP contribution in [0.1, 0.15) is 30.8 Å². The van der Waals surface area contributed by atoms with Gasteiger partial charge in [-0.2, -0.15) is 5.10 Å². The van der Waals surface area contributed by atoms with E-state index >= 15 is 0 Å². The molecule has 1 heterocycles. The van der Waals surface area contributed by atoms with E-state index in [2.05, 4.69) is 10.4 Å². The number of nitrogens with zero attached hydrogens (tertiary/aromatic N) is 2. The molecule has 0 aliphatic carbocycles. The van der Waals surface area contributed by atoms with Crippen LogP contribution in [0.4, 0.5) is 0 Å². The van der Waals surface area contributed by atoms with Crippen LogP contribution in [0.2, 0.25) is 5.02 Å². The van der Waals surface area contributed by atoms with Crippen molar-refractivity contribution in [2.45, 2.75) is 26.3 Å². The highest BCUT2D eigenvalue weighted by atomic mass is 35.5. The second kappa shape index (κ2) is 7.28. The Bertz CT molecular complexity index is 697. The van der Waals surface area contributed by atoms with E-state index in [1.807, 2.05) is 6.92 Å². The maximum atomic E-state index is 12.2. The highest BCUT2D eigenvalue weighted by molar-refractivity contribution is 6.30. The van der Waals surface area contributed by atoms with Crippen LogP contribution in [0.3, 0.4) is 0 Å². The lowest BCUT2D eigenvalue weighted by Gasteiger charge is -2.19. The minimum Gasteiger partial charge on any atom is -0.480 e. The average molecular weight is 336 g/mol. The van der Waals surface area contributed by atoms with Gasteiger partial charge in [-0.3, -0.25) is 4.79 Å². The molecule has 0 spiro atoms. The van der Waals surface area contributed by atoms with E-state index in [9.17, 15) is 14.7 Å². The van der Waals surface area contributed by atoms with Gasteiger partial charge in [-0.15, -0.1) is 0 Å². The normalized spacial score (nSPS) is 13.3. The summed E-state index contributed by atoms with van der Waals surface area (Å²) in [4.78, 5) is 23.5. The zero-order valence-electron chi connectivity index (χ0n) is 12.9. The van der Waals surface area contributed by atoms with Crippen molar-refractivity contribution >= 4 is 23.5 Å². The van der Waals surface area contributed by atoms with Crippen molar-refractivity contribution in [2.24, 2.45) is 5.92 Å². The van der Waals surface area contributed by atoms with Gasteiger partial charge in [-0.1, -0.05) is 31.9 Å². The zero-order chi connectivity index (χ0) is 17.0. The Hall–Kier alpha value is -2.34. The van der Waals surface area contributed by atoms with Crippen LogP contribution < -0.4 is 5.32 Å². The summed E-state index contributed by atoms with van der Waals surface area (Å²) in [6, 6.07) is 7.60. The molecule has 23 heavy (non-hydrogen) atoms. The van der Waals surface area contributed by atoms with E-state index < -0.39 is 17.9 Å². The molecule has 2 atom stereocenters. The highest BCUT2D eigenvalue weighted by Gasteiger charge is 2.26. The fourth-order valence-electron chi connectivity index (χ4n) is 2.08. The van der Waals surface area contributed by atoms with Gasteiger partial charge in [0, 0.05) is 11.2 Å². The lowest BCUT2D eigenvalue weighted by atomic mass is 9.99. The quantitative estimate of drug-likeness (QED) is 0.850. The Morgan fingerprint density at radius 1 is 1.30 bits per heavy atom. The van der Waals surface area contributed by atoms with Crippen molar-refractivity contribution < 1.29 is 14.7 Å². The van der Waals surface area contributed by atoms with Crippen LogP contribution in [-0.2, 0) is 4.79 Å². The number of hydrogen-bond acceptors (Lipinski definition) is 3. The van der Waals surface area contributed by atoms with E-state index in [1.165, 1.54) is 4.68 Å². The predicted octanol–water partition coefficient (Wildman–Crippen LogP) is 2.75. The smallest absolute Gasteiger partial charge is 0.326 e. The summed E-state index contributed by atoms with van der Waals surface area (Å²) in [7, 11) is 0. The van der Waals surface area contributed by atoms with Crippen LogP contribution in [0.15, 0.2) is 36.5 Å². The van der Waals surface area contributed by atoms with E-state index in [0.29, 0.717) is 11.4 Å². The molecule has 0 fully saturated rings. The summed E-state index contributed by atoms with van der Waals surface area (Å²) in [5, 5.41) is 16.5. The number of carboxylic acids is 1. The number of aliphatic carboxylic acids is 1. The topological polar surface area (TPSA) is 84.2 Å². The maximum absolute atomic E-state index is 12.2. The van der Waals surface area contributed by atoms with Crippen molar-refractivity contribution in [3.05, 3.63) is 47.2 Å². The van der Waals surface area contributed by atoms with Crippen molar-refractivity contribution in [3.8, 4) is 5.69 Å². The lowest BCUT2D eigenvalue weighted by molar-refractivity contribution is -0.140. The number of rotatable bonds is 6. The molecule has 0 aliphatic heterocycles. The van der Waals surface area contributed by atoms with Crippen molar-refractivity contribution in [1.29, 1.82) is 0 Å². The SMILES string of the molecule is CC[C@H](C)[C@H](NC(=O)c1ccn(-c2ccc(Cl)cc2)n1)C(=O)O. The molecule has 2 aromatic rings. The van der Waals surface area contributed by atoms with Crippen LogP contribution >= 0.6 is 11.6 Å². The third kappa shape index (κ3) is 4.10. The molecule has 1 aromatic carbocycles. The number of amides is 1. The third-order valence-corrected chi connectivity index (χ3v) is 3.93. The summed E-state index contributed by atoms with van der Waals surface area (Å²) in [5.74, 6) is -1.73. The van der Waals surface area contributed by atoms with Gasteiger partial charge in [0.2, 0.25) is 0 Å². The van der Waals surface area contributed by atoms with Crippen LogP contribution in [0.5, 0.6) is 0 Å². The van der Waals surface area contributed by atoms with Gasteiger partial charge in [-0.25, -0.2) is 9.48 Å². The minimum absolute atomic E-state index is 0.162. The molecule has 1 aromatic heterocycles. The number of nitrogens with one attached hydrogen (secondary N) is 1. The second-order valence-electron chi connectivity index (χ2n) is 5.30. The fraction of sp³-hybridized carbons (Fsp3) is 0.312. The zero-order valence-corrected chi connectivity index (χ0v) is 13.6. The van der Waals surface area contributed by atoms with E-state index in [1.54, 1.807) is 43.5 Å². The molecule has 122 valence electrons. The van der Waals surface area contributed by atoms with E-state index in [0.717, 1.165) is 5.69 Å². The first-order valence-electron chi connectivity index (χ1n) is 7.27. The lowest BCUT2D eigenvalue weighted by Crippen LogP contribution is -2.45. The minimum atomic E-state index is -1.05. The van der Waals surface area contributed by atoms with Gasteiger partial charge < -0.3 is 10.4 Å². The Morgan fingerprint density at radius 3 is 2.52 bits per heavy atom. The summed E-state index contributed by atoms with van der Waals surface area (Å²) in [6.45, 7) is 3.66. The number of halogens is 1. The molecule has 0 aliphatic rings. The number of aromatic nitrogens is 2. The van der Waals surface area contributed by atoms with Crippen LogP contribution in [-0.4, -0.2) is 32.8 Å². The Kier molecular flexibility index (Phi) is 5.39. The van der Waals surface area contributed by atoms with Gasteiger partial charge >= 0.3 is 5.97 Å². The summed E-state index contributed by atoms with van der Waals surface area (Å²) in [6.07, 6.45) is 2.29. The Balaban J connectivity index is 2.14. The van der Waals surface area contributed by atoms with Gasteiger partial charge in [0.1, 0.15) is 6.04 Å². The number of hydrogen-bond donors (Lipinski definition) is 2. The predicted molar refractivity (Wildman–Crippen MR) is 86.9 cm³/mol.